The summed E-state index contributed by atoms with van der Waals surface area (Å²) in [5.41, 5.74) is 5.58. The van der Waals surface area contributed by atoms with Crippen molar-refractivity contribution in [3.8, 4) is 0 Å². The molecule has 0 saturated heterocycles. The minimum Gasteiger partial charge on any atom is -0.337 e. The van der Waals surface area contributed by atoms with Gasteiger partial charge in [0.15, 0.2) is 0 Å². The molecule has 2 aromatic rings. The number of halogens is 1. The number of hydrogen-bond donors (Lipinski definition) is 1. The van der Waals surface area contributed by atoms with E-state index in [4.69, 9.17) is 5.73 Å². The van der Waals surface area contributed by atoms with E-state index < -0.39 is 4.92 Å². The third kappa shape index (κ3) is 3.49. The van der Waals surface area contributed by atoms with Gasteiger partial charge < -0.3 is 10.6 Å². The lowest BCUT2D eigenvalue weighted by Gasteiger charge is -2.22. The van der Waals surface area contributed by atoms with Gasteiger partial charge in [0.1, 0.15) is 0 Å². The number of nitro benzene ring substituents is 1. The standard InChI is InChI=1S/C13H15N3O3S.ClH/c1-8(7-14)15(2)13(17)12-6-9-5-10(16(18)19)3-4-11(9)20-12;/h3-6,8H,7,14H2,1-2H3;1H. The molecule has 0 saturated carbocycles. The Bertz CT molecular complexity index is 674. The predicted molar refractivity (Wildman–Crippen MR) is 86.3 cm³/mol. The molecule has 1 amide bonds. The highest BCUT2D eigenvalue weighted by atomic mass is 35.5. The van der Waals surface area contributed by atoms with Crippen LogP contribution in [0.1, 0.15) is 16.6 Å². The van der Waals surface area contributed by atoms with Gasteiger partial charge >= 0.3 is 0 Å². The Balaban J connectivity index is 0.00000220. The maximum absolute atomic E-state index is 12.3. The first kappa shape index (κ1) is 17.4. The largest absolute Gasteiger partial charge is 0.337 e. The molecule has 0 radical (unpaired) electrons. The number of hydrogen-bond acceptors (Lipinski definition) is 5. The zero-order valence-corrected chi connectivity index (χ0v) is 13.2. The van der Waals surface area contributed by atoms with Crippen LogP contribution in [0.2, 0.25) is 0 Å². The van der Waals surface area contributed by atoms with Gasteiger partial charge in [0.2, 0.25) is 0 Å². The molecule has 8 heteroatoms. The lowest BCUT2D eigenvalue weighted by molar-refractivity contribution is -0.384. The highest BCUT2D eigenvalue weighted by Gasteiger charge is 2.19. The SMILES string of the molecule is CC(CN)N(C)C(=O)c1cc2cc([N+](=O)[O-])ccc2s1.Cl. The molecule has 1 heterocycles. The molecule has 21 heavy (non-hydrogen) atoms. The summed E-state index contributed by atoms with van der Waals surface area (Å²) in [6.45, 7) is 2.26. The van der Waals surface area contributed by atoms with Crippen LogP contribution in [0.25, 0.3) is 10.1 Å². The summed E-state index contributed by atoms with van der Waals surface area (Å²) in [6, 6.07) is 6.23. The molecule has 0 aliphatic heterocycles. The van der Waals surface area contributed by atoms with Gasteiger partial charge in [-0.25, -0.2) is 0 Å². The van der Waals surface area contributed by atoms with Crippen LogP contribution in [0, 0.1) is 10.1 Å². The van der Waals surface area contributed by atoms with Crippen molar-refractivity contribution in [2.75, 3.05) is 13.6 Å². The van der Waals surface area contributed by atoms with Crippen LogP contribution >= 0.6 is 23.7 Å². The molecule has 114 valence electrons. The van der Waals surface area contributed by atoms with E-state index in [0.717, 1.165) is 4.70 Å². The molecule has 0 spiro atoms. The molecule has 2 rings (SSSR count). The minimum absolute atomic E-state index is 0. The average molecular weight is 330 g/mol. The molecule has 0 aliphatic rings. The second kappa shape index (κ2) is 6.84. The van der Waals surface area contributed by atoms with E-state index in [1.807, 2.05) is 6.92 Å². The summed E-state index contributed by atoms with van der Waals surface area (Å²) in [6.07, 6.45) is 0. The van der Waals surface area contributed by atoms with Crippen molar-refractivity contribution in [1.82, 2.24) is 4.90 Å². The second-order valence-corrected chi connectivity index (χ2v) is 5.67. The molecule has 6 nitrogen and oxygen atoms in total. The molecule has 1 aromatic heterocycles. The van der Waals surface area contributed by atoms with Gasteiger partial charge in [0.25, 0.3) is 11.6 Å². The van der Waals surface area contributed by atoms with Crippen molar-refractivity contribution >= 4 is 45.4 Å². The van der Waals surface area contributed by atoms with E-state index in [2.05, 4.69) is 0 Å². The number of fused-ring (bicyclic) bond motifs is 1. The number of carbonyl (C=O) groups is 1. The van der Waals surface area contributed by atoms with Crippen molar-refractivity contribution in [2.24, 2.45) is 5.73 Å². The highest BCUT2D eigenvalue weighted by Crippen LogP contribution is 2.29. The van der Waals surface area contributed by atoms with Gasteiger partial charge in [0.05, 0.1) is 9.80 Å². The van der Waals surface area contributed by atoms with Crippen LogP contribution < -0.4 is 5.73 Å². The van der Waals surface area contributed by atoms with Crippen LogP contribution in [-0.2, 0) is 0 Å². The minimum atomic E-state index is -0.443. The van der Waals surface area contributed by atoms with Gasteiger partial charge in [-0.05, 0) is 19.1 Å². The Kier molecular flexibility index (Phi) is 5.65. The summed E-state index contributed by atoms with van der Waals surface area (Å²) >= 11 is 1.33. The Morgan fingerprint density at radius 1 is 1.48 bits per heavy atom. The maximum Gasteiger partial charge on any atom is 0.270 e. The number of nitrogens with zero attached hydrogens (tertiary/aromatic N) is 2. The third-order valence-corrected chi connectivity index (χ3v) is 4.35. The van der Waals surface area contributed by atoms with Crippen molar-refractivity contribution < 1.29 is 9.72 Å². The Labute approximate surface area is 132 Å². The molecular formula is C13H16ClN3O3S. The molecule has 1 unspecified atom stereocenters. The number of amides is 1. The summed E-state index contributed by atoms with van der Waals surface area (Å²) in [5, 5.41) is 11.5. The van der Waals surface area contributed by atoms with E-state index in [-0.39, 0.29) is 30.0 Å². The summed E-state index contributed by atoms with van der Waals surface area (Å²) < 4.78 is 0.854. The highest BCUT2D eigenvalue weighted by molar-refractivity contribution is 7.20. The number of benzene rings is 1. The second-order valence-electron chi connectivity index (χ2n) is 4.59. The number of rotatable bonds is 4. The molecular weight excluding hydrogens is 314 g/mol. The first-order valence-corrected chi connectivity index (χ1v) is 6.91. The molecule has 1 atom stereocenters. The van der Waals surface area contributed by atoms with Crippen LogP contribution in [0.15, 0.2) is 24.3 Å². The van der Waals surface area contributed by atoms with Gasteiger partial charge in [-0.1, -0.05) is 0 Å². The number of non-ortho nitro benzene ring substituents is 1. The first-order valence-electron chi connectivity index (χ1n) is 6.09. The maximum atomic E-state index is 12.3. The summed E-state index contributed by atoms with van der Waals surface area (Å²) in [5.74, 6) is -0.119. The number of nitro groups is 1. The van der Waals surface area contributed by atoms with Crippen molar-refractivity contribution in [3.05, 3.63) is 39.3 Å². The van der Waals surface area contributed by atoms with Crippen LogP contribution in [0.3, 0.4) is 0 Å². The Morgan fingerprint density at radius 2 is 2.14 bits per heavy atom. The lowest BCUT2D eigenvalue weighted by Crippen LogP contribution is -2.39. The van der Waals surface area contributed by atoms with Crippen molar-refractivity contribution in [3.63, 3.8) is 0 Å². The number of likely N-dealkylation sites (N-methyl/N-ethyl adjacent to an activating group) is 1. The Hall–Kier alpha value is -1.70. The zero-order valence-electron chi connectivity index (χ0n) is 11.6. The number of thiophene rings is 1. The van der Waals surface area contributed by atoms with Crippen LogP contribution in [-0.4, -0.2) is 35.4 Å². The summed E-state index contributed by atoms with van der Waals surface area (Å²) in [7, 11) is 1.70. The van der Waals surface area contributed by atoms with Crippen LogP contribution in [0.5, 0.6) is 0 Å². The van der Waals surface area contributed by atoms with Crippen LogP contribution in [0.4, 0.5) is 5.69 Å². The predicted octanol–water partition coefficient (Wildman–Crippen LogP) is 2.65. The Morgan fingerprint density at radius 3 is 2.71 bits per heavy atom. The fraction of sp³-hybridized carbons (Fsp3) is 0.308. The topological polar surface area (TPSA) is 89.5 Å². The van der Waals surface area contributed by atoms with E-state index in [0.29, 0.717) is 16.8 Å². The lowest BCUT2D eigenvalue weighted by atomic mass is 10.2. The number of nitrogens with two attached hydrogens (primary N) is 1. The van der Waals surface area contributed by atoms with Gasteiger partial charge in [-0.3, -0.25) is 14.9 Å². The van der Waals surface area contributed by atoms with E-state index in [9.17, 15) is 14.9 Å². The third-order valence-electron chi connectivity index (χ3n) is 3.24. The molecule has 0 bridgehead atoms. The van der Waals surface area contributed by atoms with E-state index in [1.165, 1.54) is 23.5 Å². The quantitative estimate of drug-likeness (QED) is 0.689. The molecule has 0 aliphatic carbocycles. The normalized spacial score (nSPS) is 11.8. The first-order chi connectivity index (χ1) is 9.43. The molecule has 2 N–H and O–H groups in total. The number of carbonyl (C=O) groups excluding carboxylic acids is 1. The summed E-state index contributed by atoms with van der Waals surface area (Å²) in [4.78, 5) is 24.7. The average Bonchev–Trinajstić information content (AvgIpc) is 2.87. The van der Waals surface area contributed by atoms with E-state index in [1.54, 1.807) is 24.1 Å². The molecule has 0 fully saturated rings. The van der Waals surface area contributed by atoms with Gasteiger partial charge in [-0.15, -0.1) is 23.7 Å². The van der Waals surface area contributed by atoms with Crippen molar-refractivity contribution in [1.29, 1.82) is 0 Å². The van der Waals surface area contributed by atoms with Gasteiger partial charge in [-0.2, -0.15) is 0 Å². The molecule has 1 aromatic carbocycles. The fourth-order valence-corrected chi connectivity index (χ4v) is 2.81. The smallest absolute Gasteiger partial charge is 0.270 e. The monoisotopic (exact) mass is 329 g/mol. The van der Waals surface area contributed by atoms with E-state index >= 15 is 0 Å². The fourth-order valence-electron chi connectivity index (χ4n) is 1.78. The van der Waals surface area contributed by atoms with Crippen molar-refractivity contribution in [2.45, 2.75) is 13.0 Å². The van der Waals surface area contributed by atoms with Gasteiger partial charge in [0, 0.05) is 41.9 Å². The zero-order chi connectivity index (χ0) is 14.9.